The summed E-state index contributed by atoms with van der Waals surface area (Å²) in [5.41, 5.74) is 0.530. The zero-order valence-electron chi connectivity index (χ0n) is 15.7. The van der Waals surface area contributed by atoms with Crippen LogP contribution < -0.4 is 10.2 Å². The van der Waals surface area contributed by atoms with Crippen molar-refractivity contribution in [1.82, 2.24) is 10.3 Å². The summed E-state index contributed by atoms with van der Waals surface area (Å²) in [6.45, 7) is 3.03. The maximum atomic E-state index is 12.4. The number of amides is 1. The third kappa shape index (κ3) is 4.97. The average molecular weight is 370 g/mol. The van der Waals surface area contributed by atoms with Crippen LogP contribution in [0.3, 0.4) is 0 Å². The van der Waals surface area contributed by atoms with Crippen LogP contribution in [0.15, 0.2) is 18.3 Å². The Labute approximate surface area is 159 Å². The summed E-state index contributed by atoms with van der Waals surface area (Å²) in [7, 11) is 0. The second-order valence-corrected chi connectivity index (χ2v) is 7.35. The maximum Gasteiger partial charge on any atom is 0.309 e. The number of carbonyl (C=O) groups excluding carboxylic acids is 2. The molecule has 1 aromatic heterocycles. The SMILES string of the molecule is CC(OC(=O)C1CCN(c2ccc(C#N)cn2)CC1)C(=O)NC1CCCC1. The number of hydrogen-bond acceptors (Lipinski definition) is 6. The molecule has 1 N–H and O–H groups in total. The van der Waals surface area contributed by atoms with E-state index in [1.807, 2.05) is 6.07 Å². The standard InChI is InChI=1S/C20H26N4O3/c1-14(19(25)23-17-4-2-3-5-17)27-20(26)16-8-10-24(11-9-16)18-7-6-15(12-21)13-22-18/h6-7,13-14,16-17H,2-5,8-11H2,1H3,(H,23,25). The van der Waals surface area contributed by atoms with E-state index >= 15 is 0 Å². The average Bonchev–Trinajstić information content (AvgIpc) is 3.21. The zero-order chi connectivity index (χ0) is 19.2. The number of nitrogens with one attached hydrogen (secondary N) is 1. The first-order valence-electron chi connectivity index (χ1n) is 9.69. The van der Waals surface area contributed by atoms with E-state index in [1.165, 1.54) is 0 Å². The first kappa shape index (κ1) is 19.2. The van der Waals surface area contributed by atoms with Gasteiger partial charge in [0.05, 0.1) is 11.5 Å². The molecule has 1 atom stereocenters. The molecule has 3 rings (SSSR count). The molecule has 0 bridgehead atoms. The van der Waals surface area contributed by atoms with E-state index in [0.717, 1.165) is 31.5 Å². The predicted octanol–water partition coefficient (Wildman–Crippen LogP) is 2.16. The molecule has 2 fully saturated rings. The second kappa shape index (κ2) is 8.85. The normalized spacial score (nSPS) is 19.3. The van der Waals surface area contributed by atoms with Crippen molar-refractivity contribution in [2.24, 2.45) is 5.92 Å². The van der Waals surface area contributed by atoms with E-state index in [2.05, 4.69) is 21.3 Å². The van der Waals surface area contributed by atoms with Crippen molar-refractivity contribution < 1.29 is 14.3 Å². The van der Waals surface area contributed by atoms with Gasteiger partial charge in [-0.2, -0.15) is 5.26 Å². The molecule has 1 aliphatic carbocycles. The van der Waals surface area contributed by atoms with Gasteiger partial charge in [0, 0.05) is 25.3 Å². The van der Waals surface area contributed by atoms with Gasteiger partial charge in [0.2, 0.25) is 0 Å². The number of aromatic nitrogens is 1. The van der Waals surface area contributed by atoms with Crippen molar-refractivity contribution >= 4 is 17.7 Å². The Kier molecular flexibility index (Phi) is 6.28. The molecule has 0 spiro atoms. The van der Waals surface area contributed by atoms with Crippen LogP contribution in [0.1, 0.15) is 51.0 Å². The van der Waals surface area contributed by atoms with Crippen molar-refractivity contribution in [2.45, 2.75) is 57.6 Å². The number of piperidine rings is 1. The first-order chi connectivity index (χ1) is 13.1. The third-order valence-electron chi connectivity index (χ3n) is 5.39. The van der Waals surface area contributed by atoms with E-state index in [1.54, 1.807) is 19.2 Å². The summed E-state index contributed by atoms with van der Waals surface area (Å²) < 4.78 is 5.41. The fraction of sp³-hybridized carbons (Fsp3) is 0.600. The minimum atomic E-state index is -0.753. The van der Waals surface area contributed by atoms with Gasteiger partial charge < -0.3 is 15.0 Å². The quantitative estimate of drug-likeness (QED) is 0.798. The van der Waals surface area contributed by atoms with E-state index in [-0.39, 0.29) is 23.8 Å². The van der Waals surface area contributed by atoms with Gasteiger partial charge in [-0.25, -0.2) is 4.98 Å². The smallest absolute Gasteiger partial charge is 0.309 e. The van der Waals surface area contributed by atoms with Gasteiger partial charge in [0.25, 0.3) is 5.91 Å². The van der Waals surface area contributed by atoms with Crippen LogP contribution in [0.2, 0.25) is 0 Å². The molecule has 1 aliphatic heterocycles. The van der Waals surface area contributed by atoms with Crippen molar-refractivity contribution in [1.29, 1.82) is 5.26 Å². The number of anilines is 1. The lowest BCUT2D eigenvalue weighted by atomic mass is 9.97. The number of hydrogen-bond donors (Lipinski definition) is 1. The van der Waals surface area contributed by atoms with E-state index < -0.39 is 6.10 Å². The predicted molar refractivity (Wildman–Crippen MR) is 99.8 cm³/mol. The van der Waals surface area contributed by atoms with E-state index in [4.69, 9.17) is 10.00 Å². The lowest BCUT2D eigenvalue weighted by Gasteiger charge is -2.32. The molecule has 7 nitrogen and oxygen atoms in total. The third-order valence-corrected chi connectivity index (χ3v) is 5.39. The van der Waals surface area contributed by atoms with Crippen LogP contribution in [-0.2, 0) is 14.3 Å². The van der Waals surface area contributed by atoms with Crippen LogP contribution in [0.5, 0.6) is 0 Å². The molecule has 1 unspecified atom stereocenters. The molecule has 2 aliphatic rings. The molecule has 1 aromatic rings. The molecule has 0 radical (unpaired) electrons. The number of ether oxygens (including phenoxy) is 1. The number of pyridine rings is 1. The monoisotopic (exact) mass is 370 g/mol. The summed E-state index contributed by atoms with van der Waals surface area (Å²) in [5.74, 6) is 0.123. The Morgan fingerprint density at radius 3 is 2.56 bits per heavy atom. The lowest BCUT2D eigenvalue weighted by Crippen LogP contribution is -2.43. The molecule has 1 saturated heterocycles. The van der Waals surface area contributed by atoms with Gasteiger partial charge in [-0.15, -0.1) is 0 Å². The Balaban J connectivity index is 1.44. The number of nitriles is 1. The number of esters is 1. The van der Waals surface area contributed by atoms with Crippen LogP contribution in [0, 0.1) is 17.2 Å². The molecule has 2 heterocycles. The van der Waals surface area contributed by atoms with Crippen molar-refractivity contribution in [2.75, 3.05) is 18.0 Å². The number of carbonyl (C=O) groups is 2. The summed E-state index contributed by atoms with van der Waals surface area (Å²) in [4.78, 5) is 31.0. The Morgan fingerprint density at radius 1 is 1.26 bits per heavy atom. The van der Waals surface area contributed by atoms with Gasteiger partial charge in [-0.3, -0.25) is 9.59 Å². The first-order valence-corrected chi connectivity index (χ1v) is 9.69. The molecule has 0 aromatic carbocycles. The molecule has 7 heteroatoms. The van der Waals surface area contributed by atoms with Gasteiger partial charge in [-0.1, -0.05) is 12.8 Å². The van der Waals surface area contributed by atoms with Crippen molar-refractivity contribution in [3.05, 3.63) is 23.9 Å². The molecular weight excluding hydrogens is 344 g/mol. The summed E-state index contributed by atoms with van der Waals surface area (Å²) in [6, 6.07) is 5.85. The summed E-state index contributed by atoms with van der Waals surface area (Å²) in [5, 5.41) is 11.8. The van der Waals surface area contributed by atoms with Gasteiger partial charge in [0.1, 0.15) is 11.9 Å². The van der Waals surface area contributed by atoms with Crippen LogP contribution in [0.4, 0.5) is 5.82 Å². The lowest BCUT2D eigenvalue weighted by molar-refractivity contribution is -0.159. The van der Waals surface area contributed by atoms with Gasteiger partial charge >= 0.3 is 5.97 Å². The van der Waals surface area contributed by atoms with Crippen LogP contribution >= 0.6 is 0 Å². The molecule has 27 heavy (non-hydrogen) atoms. The van der Waals surface area contributed by atoms with E-state index in [9.17, 15) is 9.59 Å². The topological polar surface area (TPSA) is 95.3 Å². The second-order valence-electron chi connectivity index (χ2n) is 7.35. The Bertz CT molecular complexity index is 699. The van der Waals surface area contributed by atoms with Gasteiger partial charge in [-0.05, 0) is 44.7 Å². The van der Waals surface area contributed by atoms with Crippen molar-refractivity contribution in [3.63, 3.8) is 0 Å². The Morgan fingerprint density at radius 2 is 1.96 bits per heavy atom. The highest BCUT2D eigenvalue weighted by Crippen LogP contribution is 2.23. The van der Waals surface area contributed by atoms with Crippen LogP contribution in [0.25, 0.3) is 0 Å². The number of rotatable bonds is 5. The fourth-order valence-corrected chi connectivity index (χ4v) is 3.70. The maximum absolute atomic E-state index is 12.4. The minimum Gasteiger partial charge on any atom is -0.452 e. The number of nitrogens with zero attached hydrogens (tertiary/aromatic N) is 3. The molecule has 144 valence electrons. The molecule has 1 amide bonds. The largest absolute Gasteiger partial charge is 0.452 e. The van der Waals surface area contributed by atoms with Crippen molar-refractivity contribution in [3.8, 4) is 6.07 Å². The summed E-state index contributed by atoms with van der Waals surface area (Å²) >= 11 is 0. The highest BCUT2D eigenvalue weighted by Gasteiger charge is 2.30. The highest BCUT2D eigenvalue weighted by molar-refractivity contribution is 5.84. The van der Waals surface area contributed by atoms with Gasteiger partial charge in [0.15, 0.2) is 6.10 Å². The zero-order valence-corrected chi connectivity index (χ0v) is 15.7. The minimum absolute atomic E-state index is 0.193. The highest BCUT2D eigenvalue weighted by atomic mass is 16.5. The fourth-order valence-electron chi connectivity index (χ4n) is 3.70. The molecule has 1 saturated carbocycles. The molecular formula is C20H26N4O3. The summed E-state index contributed by atoms with van der Waals surface area (Å²) in [6.07, 6.45) is 6.44. The van der Waals surface area contributed by atoms with E-state index in [0.29, 0.717) is 31.5 Å². The Hall–Kier alpha value is -2.62. The van der Waals surface area contributed by atoms with Crippen LogP contribution in [-0.4, -0.2) is 42.1 Å².